The van der Waals surface area contributed by atoms with Gasteiger partial charge in [0.2, 0.25) is 0 Å². The van der Waals surface area contributed by atoms with E-state index in [1.165, 1.54) is 7.11 Å². The van der Waals surface area contributed by atoms with Crippen molar-refractivity contribution in [1.82, 2.24) is 9.80 Å². The van der Waals surface area contributed by atoms with E-state index in [1.807, 2.05) is 13.8 Å². The van der Waals surface area contributed by atoms with Gasteiger partial charge < -0.3 is 14.5 Å². The van der Waals surface area contributed by atoms with Crippen LogP contribution in [0.1, 0.15) is 54.4 Å². The summed E-state index contributed by atoms with van der Waals surface area (Å²) in [6.45, 7) is 16.3. The van der Waals surface area contributed by atoms with Gasteiger partial charge in [-0.05, 0) is 32.6 Å². The number of methoxy groups -OCH3 is 1. The minimum atomic E-state index is -0.447. The molecule has 5 nitrogen and oxygen atoms in total. The van der Waals surface area contributed by atoms with Crippen molar-refractivity contribution in [3.63, 3.8) is 0 Å². The first-order valence-corrected chi connectivity index (χ1v) is 8.62. The quantitative estimate of drug-likeness (QED) is 0.373. The fraction of sp³-hybridized carbons (Fsp3) is 0.882. The van der Waals surface area contributed by atoms with Crippen molar-refractivity contribution < 1.29 is 9.53 Å². The fourth-order valence-corrected chi connectivity index (χ4v) is 2.44. The van der Waals surface area contributed by atoms with E-state index in [0.717, 1.165) is 45.0 Å². The molecule has 22 heavy (non-hydrogen) atoms. The second-order valence-corrected chi connectivity index (χ2v) is 5.80. The summed E-state index contributed by atoms with van der Waals surface area (Å²) in [4.78, 5) is 21.4. The molecule has 0 radical (unpaired) electrons. The molecule has 0 spiro atoms. The topological polar surface area (TPSA) is 45.1 Å². The van der Waals surface area contributed by atoms with E-state index >= 15 is 0 Å². The standard InChI is InChI=1S/C17H35N3O2/c1-8-12-20(13-9-2)17(19(10-3)11-4)18-15(14(5)6)16(21)22-7/h14-15H,8-13H2,1-7H3/t15-/m0/s1. The number of ether oxygens (including phenoxy) is 1. The summed E-state index contributed by atoms with van der Waals surface area (Å²) in [6.07, 6.45) is 2.12. The highest BCUT2D eigenvalue weighted by atomic mass is 16.5. The highest BCUT2D eigenvalue weighted by molar-refractivity contribution is 5.85. The molecule has 0 rings (SSSR count). The SMILES string of the molecule is CCCN(CCC)C(=N[C@H](C(=O)OC)C(C)C)N(CC)CC. The van der Waals surface area contributed by atoms with Gasteiger partial charge in [-0.2, -0.15) is 0 Å². The Balaban J connectivity index is 5.68. The zero-order valence-corrected chi connectivity index (χ0v) is 15.6. The van der Waals surface area contributed by atoms with E-state index in [1.54, 1.807) is 0 Å². The third-order valence-electron chi connectivity index (χ3n) is 3.64. The first kappa shape index (κ1) is 20.7. The Morgan fingerprint density at radius 3 is 1.82 bits per heavy atom. The minimum Gasteiger partial charge on any atom is -0.467 e. The van der Waals surface area contributed by atoms with Crippen molar-refractivity contribution in [2.45, 2.75) is 60.4 Å². The third kappa shape index (κ3) is 6.24. The maximum absolute atomic E-state index is 12.1. The Hall–Kier alpha value is -1.26. The lowest BCUT2D eigenvalue weighted by atomic mass is 10.1. The van der Waals surface area contributed by atoms with Crippen LogP contribution in [0.15, 0.2) is 4.99 Å². The van der Waals surface area contributed by atoms with Crippen LogP contribution < -0.4 is 0 Å². The molecular formula is C17H35N3O2. The van der Waals surface area contributed by atoms with Gasteiger partial charge >= 0.3 is 5.97 Å². The molecule has 0 saturated carbocycles. The van der Waals surface area contributed by atoms with E-state index in [4.69, 9.17) is 9.73 Å². The molecule has 0 aromatic heterocycles. The van der Waals surface area contributed by atoms with Gasteiger partial charge in [0, 0.05) is 26.2 Å². The van der Waals surface area contributed by atoms with Crippen LogP contribution in [0.2, 0.25) is 0 Å². The van der Waals surface area contributed by atoms with Crippen molar-refractivity contribution in [2.24, 2.45) is 10.9 Å². The number of hydrogen-bond donors (Lipinski definition) is 0. The molecule has 0 N–H and O–H groups in total. The van der Waals surface area contributed by atoms with Gasteiger partial charge in [0.1, 0.15) is 0 Å². The van der Waals surface area contributed by atoms with E-state index in [-0.39, 0.29) is 11.9 Å². The summed E-state index contributed by atoms with van der Waals surface area (Å²) < 4.78 is 4.94. The molecule has 0 amide bonds. The molecule has 0 aliphatic carbocycles. The van der Waals surface area contributed by atoms with Crippen LogP contribution in [0.4, 0.5) is 0 Å². The smallest absolute Gasteiger partial charge is 0.330 e. The first-order valence-electron chi connectivity index (χ1n) is 8.62. The average Bonchev–Trinajstić information content (AvgIpc) is 2.50. The van der Waals surface area contributed by atoms with Crippen LogP contribution in [-0.4, -0.2) is 61.1 Å². The van der Waals surface area contributed by atoms with Crippen molar-refractivity contribution in [3.8, 4) is 0 Å². The number of carbonyl (C=O) groups is 1. The van der Waals surface area contributed by atoms with Crippen LogP contribution in [0.3, 0.4) is 0 Å². The summed E-state index contributed by atoms with van der Waals surface area (Å²) >= 11 is 0. The number of rotatable bonds is 9. The molecule has 0 saturated heterocycles. The highest BCUT2D eigenvalue weighted by Gasteiger charge is 2.26. The molecule has 0 fully saturated rings. The molecule has 0 aromatic carbocycles. The van der Waals surface area contributed by atoms with Crippen molar-refractivity contribution >= 4 is 11.9 Å². The van der Waals surface area contributed by atoms with Gasteiger partial charge in [-0.15, -0.1) is 0 Å². The van der Waals surface area contributed by atoms with Crippen LogP contribution in [0, 0.1) is 5.92 Å². The normalized spacial score (nSPS) is 13.2. The number of nitrogens with zero attached hydrogens (tertiary/aromatic N) is 3. The van der Waals surface area contributed by atoms with Crippen LogP contribution in [0.25, 0.3) is 0 Å². The molecule has 0 aromatic rings. The second kappa shape index (κ2) is 11.3. The Morgan fingerprint density at radius 2 is 1.50 bits per heavy atom. The van der Waals surface area contributed by atoms with Crippen LogP contribution in [0.5, 0.6) is 0 Å². The number of esters is 1. The Morgan fingerprint density at radius 1 is 1.00 bits per heavy atom. The maximum Gasteiger partial charge on any atom is 0.330 e. The minimum absolute atomic E-state index is 0.114. The first-order chi connectivity index (χ1) is 10.5. The summed E-state index contributed by atoms with van der Waals surface area (Å²) in [5, 5.41) is 0. The van der Waals surface area contributed by atoms with E-state index in [2.05, 4.69) is 37.5 Å². The van der Waals surface area contributed by atoms with Crippen molar-refractivity contribution in [2.75, 3.05) is 33.3 Å². The van der Waals surface area contributed by atoms with E-state index in [0.29, 0.717) is 0 Å². The van der Waals surface area contributed by atoms with Crippen LogP contribution in [-0.2, 0) is 9.53 Å². The average molecular weight is 313 g/mol. The summed E-state index contributed by atoms with van der Waals surface area (Å²) in [7, 11) is 1.43. The summed E-state index contributed by atoms with van der Waals surface area (Å²) in [5.74, 6) is 0.786. The Kier molecular flexibility index (Phi) is 10.7. The van der Waals surface area contributed by atoms with Crippen LogP contribution >= 0.6 is 0 Å². The summed E-state index contributed by atoms with van der Waals surface area (Å²) in [6, 6.07) is -0.447. The Labute approximate surface area is 136 Å². The van der Waals surface area contributed by atoms with Crippen molar-refractivity contribution in [3.05, 3.63) is 0 Å². The predicted molar refractivity (Wildman–Crippen MR) is 93.2 cm³/mol. The molecule has 0 unspecified atom stereocenters. The molecule has 130 valence electrons. The van der Waals surface area contributed by atoms with Gasteiger partial charge in [-0.1, -0.05) is 27.7 Å². The van der Waals surface area contributed by atoms with E-state index < -0.39 is 6.04 Å². The zero-order chi connectivity index (χ0) is 17.1. The monoisotopic (exact) mass is 313 g/mol. The molecule has 0 aliphatic rings. The van der Waals surface area contributed by atoms with Gasteiger partial charge in [-0.25, -0.2) is 9.79 Å². The Bertz CT molecular complexity index is 333. The molecule has 0 aliphatic heterocycles. The lowest BCUT2D eigenvalue weighted by Gasteiger charge is -2.34. The maximum atomic E-state index is 12.1. The number of carbonyl (C=O) groups excluding carboxylic acids is 1. The predicted octanol–water partition coefficient (Wildman–Crippen LogP) is 3.00. The molecule has 1 atom stereocenters. The third-order valence-corrected chi connectivity index (χ3v) is 3.64. The van der Waals surface area contributed by atoms with E-state index in [9.17, 15) is 4.79 Å². The number of aliphatic imine (C=N–C) groups is 1. The zero-order valence-electron chi connectivity index (χ0n) is 15.6. The molecular weight excluding hydrogens is 278 g/mol. The second-order valence-electron chi connectivity index (χ2n) is 5.80. The largest absolute Gasteiger partial charge is 0.467 e. The van der Waals surface area contributed by atoms with Gasteiger partial charge in [0.05, 0.1) is 7.11 Å². The molecule has 0 heterocycles. The van der Waals surface area contributed by atoms with Crippen molar-refractivity contribution in [1.29, 1.82) is 0 Å². The van der Waals surface area contributed by atoms with Gasteiger partial charge in [-0.3, -0.25) is 0 Å². The fourth-order valence-electron chi connectivity index (χ4n) is 2.44. The molecule has 5 heteroatoms. The molecule has 0 bridgehead atoms. The summed E-state index contributed by atoms with van der Waals surface area (Å²) in [5.41, 5.74) is 0. The highest BCUT2D eigenvalue weighted by Crippen LogP contribution is 2.12. The van der Waals surface area contributed by atoms with Gasteiger partial charge in [0.15, 0.2) is 12.0 Å². The lowest BCUT2D eigenvalue weighted by molar-refractivity contribution is -0.143. The number of hydrogen-bond acceptors (Lipinski definition) is 3. The number of guanidine groups is 1. The lowest BCUT2D eigenvalue weighted by Crippen LogP contribution is -2.46. The van der Waals surface area contributed by atoms with Gasteiger partial charge in [0.25, 0.3) is 0 Å².